The average Bonchev–Trinajstić information content (AvgIpc) is 1.68. The average molecular weight is 1200 g/mol. The number of hydrogen-bond donors (Lipinski definition) is 0. The molecule has 438 valence electrons. The zero-order valence-electron chi connectivity index (χ0n) is 51.2. The lowest BCUT2D eigenvalue weighted by atomic mass is 10.00. The van der Waals surface area contributed by atoms with Crippen molar-refractivity contribution < 1.29 is 0 Å². The summed E-state index contributed by atoms with van der Waals surface area (Å²) in [5.74, 6) is 2.00. The normalized spacial score (nSPS) is 16.5. The van der Waals surface area contributed by atoms with Gasteiger partial charge >= 0.3 is 0 Å². The molecule has 3 aliphatic rings. The molecule has 0 atom stereocenters. The molecule has 13 aromatic rings. The predicted molar refractivity (Wildman–Crippen MR) is 379 cm³/mol. The summed E-state index contributed by atoms with van der Waals surface area (Å²) in [7, 11) is -3.07. The summed E-state index contributed by atoms with van der Waals surface area (Å²) < 4.78 is 7.66. The number of aromatic nitrogens is 6. The Hall–Kier alpha value is -7.56. The zero-order valence-corrected chi connectivity index (χ0v) is 53.6. The molecule has 16 rings (SSSR count). The minimum absolute atomic E-state index is 0.638. The van der Waals surface area contributed by atoms with Crippen molar-refractivity contribution in [3.8, 4) is 51.2 Å². The Balaban J connectivity index is 1.01. The van der Waals surface area contributed by atoms with Gasteiger partial charge in [-0.1, -0.05) is 154 Å². The molecule has 0 saturated heterocycles. The molecule has 3 fully saturated rings. The second kappa shape index (κ2) is 21.3. The molecule has 3 saturated carbocycles. The fourth-order valence-electron chi connectivity index (χ4n) is 15.5. The van der Waals surface area contributed by atoms with E-state index in [2.05, 4.69) is 251 Å². The summed E-state index contributed by atoms with van der Waals surface area (Å²) in [5.41, 5.74) is 13.0. The van der Waals surface area contributed by atoms with Gasteiger partial charge in [0.1, 0.15) is 0 Å². The van der Waals surface area contributed by atoms with Crippen LogP contribution in [0, 0.1) is 0 Å². The van der Waals surface area contributed by atoms with E-state index in [1.165, 1.54) is 130 Å². The van der Waals surface area contributed by atoms with E-state index in [9.17, 15) is 0 Å². The third-order valence-corrected chi connectivity index (χ3v) is 31.8. The van der Waals surface area contributed by atoms with Crippen LogP contribution >= 0.6 is 30.1 Å². The summed E-state index contributed by atoms with van der Waals surface area (Å²) in [6, 6.07) is 76.0. The molecule has 4 heterocycles. The molecule has 9 aromatic carbocycles. The Labute approximate surface area is 517 Å². The van der Waals surface area contributed by atoms with Crippen LogP contribution in [0.3, 0.4) is 0 Å². The summed E-state index contributed by atoms with van der Waals surface area (Å²) in [6.45, 7) is 0. The van der Waals surface area contributed by atoms with Gasteiger partial charge in [0.2, 0.25) is 0 Å². The first-order valence-corrected chi connectivity index (χ1v) is 39.3. The van der Waals surface area contributed by atoms with Crippen LogP contribution in [0.15, 0.2) is 215 Å². The van der Waals surface area contributed by atoms with E-state index in [0.29, 0.717) is 17.5 Å². The lowest BCUT2D eigenvalue weighted by Gasteiger charge is -2.45. The molecule has 0 unspecified atom stereocenters. The first-order chi connectivity index (χ1) is 42.4. The number of hydrogen-bond acceptors (Lipinski definition) is 3. The number of rotatable bonds is 12. The molecule has 0 amide bonds. The molecule has 0 bridgehead atoms. The van der Waals surface area contributed by atoms with Crippen molar-refractivity contribution in [2.24, 2.45) is 0 Å². The first kappa shape index (κ1) is 54.8. The lowest BCUT2D eigenvalue weighted by Crippen LogP contribution is -2.24. The van der Waals surface area contributed by atoms with Crippen molar-refractivity contribution in [1.29, 1.82) is 0 Å². The zero-order chi connectivity index (χ0) is 58.8. The van der Waals surface area contributed by atoms with Crippen molar-refractivity contribution in [3.63, 3.8) is 0 Å². The highest BCUT2D eigenvalue weighted by Gasteiger charge is 2.34. The molecule has 0 N–H and O–H groups in total. The molecule has 9 heteroatoms. The highest BCUT2D eigenvalue weighted by Crippen LogP contribution is 2.62. The number of nitrogens with zero attached hydrogens (tertiary/aromatic N) is 6. The van der Waals surface area contributed by atoms with Gasteiger partial charge in [0.15, 0.2) is 17.5 Å². The Bertz CT molecular complexity index is 4710. The van der Waals surface area contributed by atoms with Crippen molar-refractivity contribution in [3.05, 3.63) is 200 Å². The van der Waals surface area contributed by atoms with Gasteiger partial charge in [0, 0.05) is 49.0 Å². The van der Waals surface area contributed by atoms with Crippen LogP contribution < -0.4 is 0 Å². The number of fused-ring (bicyclic) bond motifs is 9. The predicted octanol–water partition coefficient (Wildman–Crippen LogP) is 21.3. The van der Waals surface area contributed by atoms with Crippen LogP contribution in [0.2, 0.25) is 0 Å². The van der Waals surface area contributed by atoms with Gasteiger partial charge in [0.05, 0.1) is 50.2 Å². The molecule has 87 heavy (non-hydrogen) atoms. The molecule has 4 aromatic heterocycles. The van der Waals surface area contributed by atoms with Gasteiger partial charge in [-0.2, -0.15) is 0 Å². The molecule has 0 aliphatic heterocycles. The van der Waals surface area contributed by atoms with Crippen LogP contribution in [-0.2, 0) is 0 Å². The fraction of sp³-hybridized carbons (Fsp3) is 0.269. The minimum Gasteiger partial charge on any atom is -0.307 e. The topological polar surface area (TPSA) is 53.5 Å². The summed E-state index contributed by atoms with van der Waals surface area (Å²) in [4.78, 5) is 21.3. The Morgan fingerprint density at radius 1 is 0.287 bits per heavy atom. The molecular formula is C78H78N6S3. The standard InChI is InChI=1S/C78H78N6S3/c1-85(2,55-23-8-7-9-24-55)58-43-39-52(40-44-58)76-79-77(53-41-45-59(46-42-53)86(3,4)56-25-10-11-26-56)81-78(80-76)54-49-73(82-67-34-17-12-29-61(67)62-30-13-18-35-68(62)82)75(84-70-37-20-14-31-63(70)64-32-15-21-38-71(64)84)74(50-54)83-69-36-19-16-33-65(69)66-51-60(47-48-72(66)83)87(5,6)57-27-22-28-57/h12-21,29-51,55-57H,7-11,22-28H2,1-6H3. The third kappa shape index (κ3) is 9.02. The molecule has 0 spiro atoms. The highest BCUT2D eigenvalue weighted by molar-refractivity contribution is 8.33. The van der Waals surface area contributed by atoms with Crippen LogP contribution in [0.5, 0.6) is 0 Å². The largest absolute Gasteiger partial charge is 0.307 e. The van der Waals surface area contributed by atoms with Gasteiger partial charge in [-0.25, -0.2) is 45.0 Å². The molecular weight excluding hydrogens is 1120 g/mol. The first-order valence-electron chi connectivity index (χ1n) is 31.7. The number of para-hydroxylation sites is 5. The molecule has 6 nitrogen and oxygen atoms in total. The van der Waals surface area contributed by atoms with Gasteiger partial charge < -0.3 is 13.7 Å². The maximum absolute atomic E-state index is 5.71. The highest BCUT2D eigenvalue weighted by atomic mass is 32.3. The summed E-state index contributed by atoms with van der Waals surface area (Å²) in [5, 5.41) is 9.62. The Kier molecular flexibility index (Phi) is 13.4. The number of benzene rings is 9. The van der Waals surface area contributed by atoms with Gasteiger partial charge in [-0.15, -0.1) is 0 Å². The quantitative estimate of drug-likeness (QED) is 0.122. The van der Waals surface area contributed by atoms with Crippen molar-refractivity contribution >= 4 is 95.5 Å². The molecule has 3 aliphatic carbocycles. The van der Waals surface area contributed by atoms with Crippen molar-refractivity contribution in [1.82, 2.24) is 28.7 Å². The van der Waals surface area contributed by atoms with Crippen LogP contribution in [0.25, 0.3) is 117 Å². The van der Waals surface area contributed by atoms with Gasteiger partial charge in [-0.3, -0.25) is 0 Å². The summed E-state index contributed by atoms with van der Waals surface area (Å²) in [6.07, 6.45) is 31.2. The van der Waals surface area contributed by atoms with E-state index in [1.54, 1.807) is 0 Å². The van der Waals surface area contributed by atoms with E-state index in [0.717, 1.165) is 77.1 Å². The van der Waals surface area contributed by atoms with Gasteiger partial charge in [-0.05, 0) is 191 Å². The van der Waals surface area contributed by atoms with E-state index in [4.69, 9.17) is 15.0 Å². The Morgan fingerprint density at radius 2 is 0.598 bits per heavy atom. The fourth-order valence-corrected chi connectivity index (χ4v) is 23.7. The van der Waals surface area contributed by atoms with Gasteiger partial charge in [0.25, 0.3) is 0 Å². The summed E-state index contributed by atoms with van der Waals surface area (Å²) >= 11 is 0. The van der Waals surface area contributed by atoms with E-state index in [-0.39, 0.29) is 0 Å². The second-order valence-corrected chi connectivity index (χ2v) is 38.3. The monoisotopic (exact) mass is 1190 g/mol. The van der Waals surface area contributed by atoms with Crippen LogP contribution in [-0.4, -0.2) is 81.9 Å². The maximum Gasteiger partial charge on any atom is 0.164 e. The lowest BCUT2D eigenvalue weighted by molar-refractivity contribution is 0.512. The van der Waals surface area contributed by atoms with E-state index >= 15 is 0 Å². The molecule has 0 radical (unpaired) electrons. The third-order valence-electron chi connectivity index (χ3n) is 20.9. The maximum atomic E-state index is 5.71. The Morgan fingerprint density at radius 3 is 0.989 bits per heavy atom. The minimum atomic E-state index is -1.05. The van der Waals surface area contributed by atoms with Crippen molar-refractivity contribution in [2.75, 3.05) is 37.5 Å². The SMILES string of the molecule is CS(C)(c1ccc(-c2nc(-c3ccc(S(C)(C)C4CCCC4)cc3)nc(-c3cc(-n4c5ccccc5c5ccccc54)c(-n4c5ccccc5c5ccccc54)c(-n4c5ccccc5c5cc(S(C)(C)C6CCC6)ccc54)c3)n2)cc1)C1CCCCC1. The van der Waals surface area contributed by atoms with E-state index in [1.807, 2.05) is 0 Å². The smallest absolute Gasteiger partial charge is 0.164 e. The van der Waals surface area contributed by atoms with E-state index < -0.39 is 30.1 Å². The van der Waals surface area contributed by atoms with Crippen LogP contribution in [0.4, 0.5) is 0 Å². The van der Waals surface area contributed by atoms with Crippen LogP contribution in [0.1, 0.15) is 77.0 Å². The second-order valence-electron chi connectivity index (χ2n) is 26.4. The van der Waals surface area contributed by atoms with Crippen molar-refractivity contribution in [2.45, 2.75) is 107 Å².